The van der Waals surface area contributed by atoms with Gasteiger partial charge in [0.2, 0.25) is 0 Å². The molecule has 0 bridgehead atoms. The molecule has 0 amide bonds. The van der Waals surface area contributed by atoms with Crippen molar-refractivity contribution >= 4 is 0 Å². The van der Waals surface area contributed by atoms with Gasteiger partial charge in [0.25, 0.3) is 0 Å². The number of aliphatic hydroxyl groups is 1. The lowest BCUT2D eigenvalue weighted by atomic mass is 10.0. The molecule has 1 aromatic rings. The van der Waals surface area contributed by atoms with Gasteiger partial charge < -0.3 is 9.84 Å². The maximum Gasteiger partial charge on any atom is 0.122 e. The van der Waals surface area contributed by atoms with Crippen molar-refractivity contribution in [1.29, 1.82) is 0 Å². The second kappa shape index (κ2) is 7.09. The van der Waals surface area contributed by atoms with Crippen molar-refractivity contribution in [3.8, 4) is 5.75 Å². The van der Waals surface area contributed by atoms with Gasteiger partial charge in [-0.05, 0) is 57.4 Å². The molecule has 2 atom stereocenters. The molecule has 0 radical (unpaired) electrons. The summed E-state index contributed by atoms with van der Waals surface area (Å²) in [4.78, 5) is 2.38. The van der Waals surface area contributed by atoms with Crippen molar-refractivity contribution in [1.82, 2.24) is 4.90 Å². The van der Waals surface area contributed by atoms with E-state index in [4.69, 9.17) is 4.74 Å². The Balaban J connectivity index is 1.82. The number of aliphatic hydroxyl groups excluding tert-OH is 1. The zero-order valence-corrected chi connectivity index (χ0v) is 12.9. The minimum absolute atomic E-state index is 0.369. The molecule has 2 rings (SSSR count). The van der Waals surface area contributed by atoms with Gasteiger partial charge in [-0.2, -0.15) is 0 Å². The van der Waals surface area contributed by atoms with E-state index < -0.39 is 6.10 Å². The van der Waals surface area contributed by atoms with Crippen molar-refractivity contribution < 1.29 is 9.84 Å². The molecule has 1 N–H and O–H groups in total. The van der Waals surface area contributed by atoms with Crippen LogP contribution in [0.25, 0.3) is 0 Å². The first-order chi connectivity index (χ1) is 9.56. The number of rotatable bonds is 5. The van der Waals surface area contributed by atoms with Gasteiger partial charge in [0.05, 0.1) is 0 Å². The highest BCUT2D eigenvalue weighted by Crippen LogP contribution is 2.20. The summed E-state index contributed by atoms with van der Waals surface area (Å²) < 4.78 is 5.78. The highest BCUT2D eigenvalue weighted by molar-refractivity contribution is 5.35. The molecule has 1 saturated heterocycles. The molecule has 112 valence electrons. The van der Waals surface area contributed by atoms with Crippen LogP contribution in [-0.2, 0) is 0 Å². The van der Waals surface area contributed by atoms with E-state index in [0.29, 0.717) is 19.2 Å². The second-order valence-electron chi connectivity index (χ2n) is 6.07. The quantitative estimate of drug-likeness (QED) is 0.898. The number of likely N-dealkylation sites (tertiary alicyclic amines) is 1. The summed E-state index contributed by atoms with van der Waals surface area (Å²) in [5.41, 5.74) is 2.30. The first-order valence-electron chi connectivity index (χ1n) is 7.68. The maximum absolute atomic E-state index is 10.2. The van der Waals surface area contributed by atoms with Crippen molar-refractivity contribution in [2.45, 2.75) is 52.2 Å². The van der Waals surface area contributed by atoms with Gasteiger partial charge in [-0.25, -0.2) is 0 Å². The van der Waals surface area contributed by atoms with Crippen LogP contribution in [0, 0.1) is 13.8 Å². The van der Waals surface area contributed by atoms with E-state index >= 15 is 0 Å². The Hall–Kier alpha value is -1.06. The molecule has 0 spiro atoms. The molecule has 1 aromatic carbocycles. The molecular formula is C17H27NO2. The third-order valence-electron chi connectivity index (χ3n) is 4.16. The van der Waals surface area contributed by atoms with Crippen LogP contribution in [0.1, 0.15) is 37.3 Å². The second-order valence-corrected chi connectivity index (χ2v) is 6.07. The molecular weight excluding hydrogens is 250 g/mol. The number of β-amino-alcohol motifs (C(OH)–C–C–N with tert-alkyl or cyclic N) is 1. The van der Waals surface area contributed by atoms with Crippen LogP contribution in [0.3, 0.4) is 0 Å². The Labute approximate surface area is 122 Å². The van der Waals surface area contributed by atoms with Crippen LogP contribution < -0.4 is 4.74 Å². The van der Waals surface area contributed by atoms with Crippen LogP contribution in [-0.4, -0.2) is 41.8 Å². The molecule has 1 aliphatic heterocycles. The van der Waals surface area contributed by atoms with E-state index in [1.807, 2.05) is 13.0 Å². The molecule has 1 aliphatic rings. The third kappa shape index (κ3) is 4.22. The summed E-state index contributed by atoms with van der Waals surface area (Å²) >= 11 is 0. The number of hydrogen-bond donors (Lipinski definition) is 1. The van der Waals surface area contributed by atoms with Gasteiger partial charge in [-0.15, -0.1) is 0 Å². The summed E-state index contributed by atoms with van der Waals surface area (Å²) in [6.45, 7) is 8.52. The Bertz CT molecular complexity index is 433. The van der Waals surface area contributed by atoms with Crippen molar-refractivity contribution in [2.75, 3.05) is 19.7 Å². The first kappa shape index (κ1) is 15.3. The van der Waals surface area contributed by atoms with E-state index in [-0.39, 0.29) is 0 Å². The smallest absolute Gasteiger partial charge is 0.122 e. The van der Waals surface area contributed by atoms with Crippen LogP contribution in [0.4, 0.5) is 0 Å². The van der Waals surface area contributed by atoms with Gasteiger partial charge in [0.15, 0.2) is 0 Å². The fraction of sp³-hybridized carbons (Fsp3) is 0.647. The van der Waals surface area contributed by atoms with Crippen LogP contribution >= 0.6 is 0 Å². The fourth-order valence-electron chi connectivity index (χ4n) is 2.80. The molecule has 0 saturated carbocycles. The van der Waals surface area contributed by atoms with Gasteiger partial charge in [0.1, 0.15) is 18.5 Å². The monoisotopic (exact) mass is 277 g/mol. The molecule has 3 nitrogen and oxygen atoms in total. The van der Waals surface area contributed by atoms with E-state index in [0.717, 1.165) is 17.9 Å². The normalized spacial score (nSPS) is 21.7. The minimum atomic E-state index is -0.421. The summed E-state index contributed by atoms with van der Waals surface area (Å²) in [5.74, 6) is 0.885. The van der Waals surface area contributed by atoms with E-state index in [9.17, 15) is 5.11 Å². The number of ether oxygens (including phenoxy) is 1. The first-order valence-corrected chi connectivity index (χ1v) is 7.68. The predicted octanol–water partition coefficient (Wildman–Crippen LogP) is 2.92. The number of nitrogens with zero attached hydrogens (tertiary/aromatic N) is 1. The summed E-state index contributed by atoms with van der Waals surface area (Å²) in [5, 5.41) is 10.2. The molecule has 3 heteroatoms. The third-order valence-corrected chi connectivity index (χ3v) is 4.16. The van der Waals surface area contributed by atoms with Gasteiger partial charge >= 0.3 is 0 Å². The molecule has 1 fully saturated rings. The summed E-state index contributed by atoms with van der Waals surface area (Å²) in [6.07, 6.45) is 3.38. The molecule has 1 heterocycles. The Morgan fingerprint density at radius 1 is 1.35 bits per heavy atom. The number of aryl methyl sites for hydroxylation is 2. The highest BCUT2D eigenvalue weighted by atomic mass is 16.5. The van der Waals surface area contributed by atoms with Crippen molar-refractivity contribution in [2.24, 2.45) is 0 Å². The lowest BCUT2D eigenvalue weighted by molar-refractivity contribution is 0.0436. The molecule has 20 heavy (non-hydrogen) atoms. The molecule has 0 aromatic heterocycles. The number of piperidine rings is 1. The van der Waals surface area contributed by atoms with Crippen molar-refractivity contribution in [3.05, 3.63) is 29.3 Å². The van der Waals surface area contributed by atoms with Crippen molar-refractivity contribution in [3.63, 3.8) is 0 Å². The zero-order valence-electron chi connectivity index (χ0n) is 12.9. The minimum Gasteiger partial charge on any atom is -0.491 e. The van der Waals surface area contributed by atoms with E-state index in [1.165, 1.54) is 24.8 Å². The van der Waals surface area contributed by atoms with Gasteiger partial charge in [-0.3, -0.25) is 4.90 Å². The molecule has 0 aliphatic carbocycles. The lowest BCUT2D eigenvalue weighted by Gasteiger charge is -2.34. The van der Waals surface area contributed by atoms with Crippen LogP contribution in [0.15, 0.2) is 18.2 Å². The number of hydrogen-bond acceptors (Lipinski definition) is 3. The summed E-state index contributed by atoms with van der Waals surface area (Å²) in [7, 11) is 0. The summed E-state index contributed by atoms with van der Waals surface area (Å²) in [6, 6.07) is 6.75. The standard InChI is InChI=1S/C17H27NO2/c1-13-7-8-14(2)17(10-13)20-12-16(19)11-18-9-5-4-6-15(18)3/h7-8,10,15-16,19H,4-6,9,11-12H2,1-3H3/t15-,16+/m1/s1. The Morgan fingerprint density at radius 2 is 2.15 bits per heavy atom. The molecule has 0 unspecified atom stereocenters. The predicted molar refractivity (Wildman–Crippen MR) is 82.3 cm³/mol. The van der Waals surface area contributed by atoms with E-state index in [2.05, 4.69) is 30.9 Å². The Morgan fingerprint density at radius 3 is 2.90 bits per heavy atom. The Kier molecular flexibility index (Phi) is 5.44. The number of benzene rings is 1. The van der Waals surface area contributed by atoms with Gasteiger partial charge in [-0.1, -0.05) is 18.6 Å². The fourth-order valence-corrected chi connectivity index (χ4v) is 2.80. The van der Waals surface area contributed by atoms with Gasteiger partial charge in [0, 0.05) is 12.6 Å². The average molecular weight is 277 g/mol. The SMILES string of the molecule is Cc1ccc(C)c(OC[C@@H](O)CN2CCCC[C@H]2C)c1. The van der Waals surface area contributed by atoms with Crippen LogP contribution in [0.5, 0.6) is 5.75 Å². The topological polar surface area (TPSA) is 32.7 Å². The van der Waals surface area contributed by atoms with E-state index in [1.54, 1.807) is 0 Å². The lowest BCUT2D eigenvalue weighted by Crippen LogP contribution is -2.43. The average Bonchev–Trinajstić information content (AvgIpc) is 2.42. The largest absolute Gasteiger partial charge is 0.491 e. The maximum atomic E-state index is 10.2. The highest BCUT2D eigenvalue weighted by Gasteiger charge is 2.21. The zero-order chi connectivity index (χ0) is 14.5. The van der Waals surface area contributed by atoms with Crippen LogP contribution in [0.2, 0.25) is 0 Å².